The first kappa shape index (κ1) is 19.2. The first-order chi connectivity index (χ1) is 13.1. The number of rotatable bonds is 7. The maximum absolute atomic E-state index is 13.1. The number of nitrogens with zero attached hydrogens (tertiary/aromatic N) is 2. The van der Waals surface area contributed by atoms with Crippen molar-refractivity contribution < 1.29 is 14.3 Å². The molecule has 0 aromatic heterocycles. The van der Waals surface area contributed by atoms with E-state index in [1.165, 1.54) is 0 Å². The Morgan fingerprint density at radius 3 is 2.37 bits per heavy atom. The molecule has 0 N–H and O–H groups in total. The molecule has 0 saturated carbocycles. The van der Waals surface area contributed by atoms with E-state index in [4.69, 9.17) is 9.47 Å². The Morgan fingerprint density at radius 2 is 1.81 bits per heavy atom. The molecule has 2 aromatic carbocycles. The second-order valence-corrected chi connectivity index (χ2v) is 7.11. The van der Waals surface area contributed by atoms with Gasteiger partial charge < -0.3 is 19.3 Å². The summed E-state index contributed by atoms with van der Waals surface area (Å²) in [7, 11) is 5.66. The SMILES string of the molecule is COc1ccc(C(=O)N(Cc2ccc(N(C)C)cc2)C[C@@H]2CCCO2)cc1. The molecule has 0 spiro atoms. The highest BCUT2D eigenvalue weighted by molar-refractivity contribution is 5.94. The van der Waals surface area contributed by atoms with E-state index in [-0.39, 0.29) is 12.0 Å². The second kappa shape index (κ2) is 8.91. The Kier molecular flexibility index (Phi) is 6.35. The van der Waals surface area contributed by atoms with Crippen molar-refractivity contribution in [3.8, 4) is 5.75 Å². The maximum atomic E-state index is 13.1. The van der Waals surface area contributed by atoms with Crippen molar-refractivity contribution in [3.63, 3.8) is 0 Å². The molecule has 1 heterocycles. The molecule has 0 aliphatic carbocycles. The Bertz CT molecular complexity index is 735. The number of amides is 1. The van der Waals surface area contributed by atoms with Crippen LogP contribution in [0.1, 0.15) is 28.8 Å². The second-order valence-electron chi connectivity index (χ2n) is 7.11. The van der Waals surface area contributed by atoms with Gasteiger partial charge in [0.1, 0.15) is 5.75 Å². The van der Waals surface area contributed by atoms with Crippen molar-refractivity contribution in [1.29, 1.82) is 0 Å². The van der Waals surface area contributed by atoms with Gasteiger partial charge in [0.2, 0.25) is 0 Å². The van der Waals surface area contributed by atoms with Crippen molar-refractivity contribution in [3.05, 3.63) is 59.7 Å². The topological polar surface area (TPSA) is 42.0 Å². The first-order valence-corrected chi connectivity index (χ1v) is 9.38. The minimum absolute atomic E-state index is 0.0184. The molecule has 0 radical (unpaired) electrons. The van der Waals surface area contributed by atoms with Crippen molar-refractivity contribution in [2.24, 2.45) is 0 Å². The van der Waals surface area contributed by atoms with E-state index in [0.717, 1.165) is 36.4 Å². The average molecular weight is 368 g/mol. The Morgan fingerprint density at radius 1 is 1.11 bits per heavy atom. The first-order valence-electron chi connectivity index (χ1n) is 9.38. The Balaban J connectivity index is 1.77. The molecule has 144 valence electrons. The number of ether oxygens (including phenoxy) is 2. The summed E-state index contributed by atoms with van der Waals surface area (Å²) >= 11 is 0. The summed E-state index contributed by atoms with van der Waals surface area (Å²) in [6.45, 7) is 1.96. The summed E-state index contributed by atoms with van der Waals surface area (Å²) < 4.78 is 11.0. The number of carbonyl (C=O) groups excluding carboxylic acids is 1. The monoisotopic (exact) mass is 368 g/mol. The molecule has 0 bridgehead atoms. The molecule has 3 rings (SSSR count). The molecule has 1 amide bonds. The zero-order chi connectivity index (χ0) is 19.2. The fourth-order valence-corrected chi connectivity index (χ4v) is 3.29. The third-order valence-corrected chi connectivity index (χ3v) is 4.90. The number of hydrogen-bond acceptors (Lipinski definition) is 4. The van der Waals surface area contributed by atoms with Crippen LogP contribution in [0.5, 0.6) is 5.75 Å². The average Bonchev–Trinajstić information content (AvgIpc) is 3.20. The third-order valence-electron chi connectivity index (χ3n) is 4.90. The number of hydrogen-bond donors (Lipinski definition) is 0. The maximum Gasteiger partial charge on any atom is 0.254 e. The van der Waals surface area contributed by atoms with E-state index in [9.17, 15) is 4.79 Å². The van der Waals surface area contributed by atoms with Crippen LogP contribution in [-0.4, -0.2) is 51.3 Å². The molecule has 27 heavy (non-hydrogen) atoms. The van der Waals surface area contributed by atoms with Gasteiger partial charge in [-0.3, -0.25) is 4.79 Å². The van der Waals surface area contributed by atoms with Gasteiger partial charge in [-0.2, -0.15) is 0 Å². The molecular weight excluding hydrogens is 340 g/mol. The fraction of sp³-hybridized carbons (Fsp3) is 0.409. The molecular formula is C22H28N2O3. The van der Waals surface area contributed by atoms with E-state index >= 15 is 0 Å². The van der Waals surface area contributed by atoms with Gasteiger partial charge in [-0.15, -0.1) is 0 Å². The minimum Gasteiger partial charge on any atom is -0.497 e. The standard InChI is InChI=1S/C22H28N2O3/c1-23(2)19-10-6-17(7-11-19)15-24(16-21-5-4-14-27-21)22(25)18-8-12-20(26-3)13-9-18/h6-13,21H,4-5,14-16H2,1-3H3/t21-/m0/s1. The van der Waals surface area contributed by atoms with Crippen LogP contribution in [0.4, 0.5) is 5.69 Å². The Labute approximate surface area is 161 Å². The van der Waals surface area contributed by atoms with Crippen LogP contribution in [-0.2, 0) is 11.3 Å². The molecule has 1 atom stereocenters. The van der Waals surface area contributed by atoms with Crippen LogP contribution >= 0.6 is 0 Å². The predicted octanol–water partition coefficient (Wildman–Crippen LogP) is 3.58. The van der Waals surface area contributed by atoms with Crippen LogP contribution in [0.3, 0.4) is 0 Å². The molecule has 1 fully saturated rings. The molecule has 1 aliphatic rings. The van der Waals surface area contributed by atoms with E-state index in [1.54, 1.807) is 7.11 Å². The van der Waals surface area contributed by atoms with E-state index in [0.29, 0.717) is 18.7 Å². The van der Waals surface area contributed by atoms with Crippen LogP contribution in [0.2, 0.25) is 0 Å². The van der Waals surface area contributed by atoms with Gasteiger partial charge in [0.25, 0.3) is 5.91 Å². The lowest BCUT2D eigenvalue weighted by atomic mass is 10.1. The summed E-state index contributed by atoms with van der Waals surface area (Å²) in [4.78, 5) is 17.1. The zero-order valence-corrected chi connectivity index (χ0v) is 16.4. The number of carbonyl (C=O) groups is 1. The van der Waals surface area contributed by atoms with Gasteiger partial charge in [-0.1, -0.05) is 12.1 Å². The summed E-state index contributed by atoms with van der Waals surface area (Å²) in [5.74, 6) is 0.765. The van der Waals surface area contributed by atoms with Crippen LogP contribution in [0.15, 0.2) is 48.5 Å². The summed E-state index contributed by atoms with van der Waals surface area (Å²) in [5, 5.41) is 0. The highest BCUT2D eigenvalue weighted by Crippen LogP contribution is 2.20. The van der Waals surface area contributed by atoms with Gasteiger partial charge >= 0.3 is 0 Å². The van der Waals surface area contributed by atoms with Crippen LogP contribution in [0.25, 0.3) is 0 Å². The highest BCUT2D eigenvalue weighted by atomic mass is 16.5. The van der Waals surface area contributed by atoms with Crippen molar-refractivity contribution in [2.75, 3.05) is 39.3 Å². The van der Waals surface area contributed by atoms with Crippen LogP contribution in [0, 0.1) is 0 Å². The highest BCUT2D eigenvalue weighted by Gasteiger charge is 2.23. The van der Waals surface area contributed by atoms with Crippen molar-refractivity contribution in [1.82, 2.24) is 4.90 Å². The number of anilines is 1. The zero-order valence-electron chi connectivity index (χ0n) is 16.4. The normalized spacial score (nSPS) is 16.2. The Hall–Kier alpha value is -2.53. The molecule has 2 aromatic rings. The number of benzene rings is 2. The van der Waals surface area contributed by atoms with E-state index in [1.807, 2.05) is 43.3 Å². The van der Waals surface area contributed by atoms with E-state index < -0.39 is 0 Å². The lowest BCUT2D eigenvalue weighted by molar-refractivity contribution is 0.0507. The van der Waals surface area contributed by atoms with Gasteiger partial charge in [0.15, 0.2) is 0 Å². The molecule has 1 aliphatic heterocycles. The van der Waals surface area contributed by atoms with Gasteiger partial charge in [-0.05, 0) is 54.8 Å². The largest absolute Gasteiger partial charge is 0.497 e. The third kappa shape index (κ3) is 5.01. The molecule has 5 heteroatoms. The lowest BCUT2D eigenvalue weighted by Crippen LogP contribution is -2.37. The molecule has 1 saturated heterocycles. The summed E-state index contributed by atoms with van der Waals surface area (Å²) in [5.41, 5.74) is 2.92. The lowest BCUT2D eigenvalue weighted by Gasteiger charge is -2.26. The van der Waals surface area contributed by atoms with Crippen LogP contribution < -0.4 is 9.64 Å². The molecule has 0 unspecified atom stereocenters. The van der Waals surface area contributed by atoms with Gasteiger partial charge in [-0.25, -0.2) is 0 Å². The van der Waals surface area contributed by atoms with Crippen molar-refractivity contribution >= 4 is 11.6 Å². The molecule has 5 nitrogen and oxygen atoms in total. The minimum atomic E-state index is 0.0184. The van der Waals surface area contributed by atoms with Gasteiger partial charge in [0.05, 0.1) is 13.2 Å². The quantitative estimate of drug-likeness (QED) is 0.749. The predicted molar refractivity (Wildman–Crippen MR) is 107 cm³/mol. The number of methoxy groups -OCH3 is 1. The fourth-order valence-electron chi connectivity index (χ4n) is 3.29. The van der Waals surface area contributed by atoms with E-state index in [2.05, 4.69) is 29.2 Å². The summed E-state index contributed by atoms with van der Waals surface area (Å²) in [6, 6.07) is 15.6. The smallest absolute Gasteiger partial charge is 0.254 e. The van der Waals surface area contributed by atoms with Crippen molar-refractivity contribution in [2.45, 2.75) is 25.5 Å². The van der Waals surface area contributed by atoms with Gasteiger partial charge in [0, 0.05) is 45.0 Å². The summed E-state index contributed by atoms with van der Waals surface area (Å²) in [6.07, 6.45) is 2.19.